The molecule has 0 aliphatic carbocycles. The van der Waals surface area contributed by atoms with Gasteiger partial charge in [0.15, 0.2) is 0 Å². The van der Waals surface area contributed by atoms with Crippen molar-refractivity contribution in [1.29, 1.82) is 0 Å². The second kappa shape index (κ2) is 7.34. The van der Waals surface area contributed by atoms with Gasteiger partial charge in [0.05, 0.1) is 17.6 Å². The van der Waals surface area contributed by atoms with E-state index in [1.807, 2.05) is 17.0 Å². The predicted molar refractivity (Wildman–Crippen MR) is 101 cm³/mol. The number of amides is 1. The van der Waals surface area contributed by atoms with Gasteiger partial charge in [-0.2, -0.15) is 0 Å². The molecule has 1 unspecified atom stereocenters. The van der Waals surface area contributed by atoms with Crippen molar-refractivity contribution in [2.45, 2.75) is 26.7 Å². The summed E-state index contributed by atoms with van der Waals surface area (Å²) in [6.07, 6.45) is 3.99. The van der Waals surface area contributed by atoms with E-state index in [9.17, 15) is 4.79 Å². The number of aryl methyl sites for hydroxylation is 1. The van der Waals surface area contributed by atoms with Crippen molar-refractivity contribution in [3.63, 3.8) is 0 Å². The molecule has 2 heterocycles. The minimum atomic E-state index is 0.0321. The number of anilines is 2. The van der Waals surface area contributed by atoms with Gasteiger partial charge >= 0.3 is 0 Å². The van der Waals surface area contributed by atoms with Crippen LogP contribution in [0.25, 0.3) is 0 Å². The standard InChI is InChI=1S/C19H22BrN3O/c1-13-5-7-17(16(20)10-13)22-15-6-8-18(21-11-15)19(24)23-9-3-4-14(2)12-23/h5-8,10-11,14,22H,3-4,9,12H2,1-2H3. The average molecular weight is 388 g/mol. The fourth-order valence-electron chi connectivity index (χ4n) is 3.01. The van der Waals surface area contributed by atoms with Gasteiger partial charge < -0.3 is 10.2 Å². The van der Waals surface area contributed by atoms with Crippen molar-refractivity contribution < 1.29 is 4.79 Å². The lowest BCUT2D eigenvalue weighted by Crippen LogP contribution is -2.39. The van der Waals surface area contributed by atoms with E-state index in [1.165, 1.54) is 12.0 Å². The van der Waals surface area contributed by atoms with Gasteiger partial charge in [-0.1, -0.05) is 13.0 Å². The molecule has 4 nitrogen and oxygen atoms in total. The summed E-state index contributed by atoms with van der Waals surface area (Å²) in [6, 6.07) is 9.83. The third kappa shape index (κ3) is 3.96. The van der Waals surface area contributed by atoms with Crippen LogP contribution < -0.4 is 5.32 Å². The van der Waals surface area contributed by atoms with Gasteiger partial charge in [-0.15, -0.1) is 0 Å². The van der Waals surface area contributed by atoms with E-state index in [1.54, 1.807) is 12.3 Å². The highest BCUT2D eigenvalue weighted by Crippen LogP contribution is 2.26. The second-order valence-electron chi connectivity index (χ2n) is 6.54. The Kier molecular flexibility index (Phi) is 5.19. The molecular weight excluding hydrogens is 366 g/mol. The SMILES string of the molecule is Cc1ccc(Nc2ccc(C(=O)N3CCCC(C)C3)nc2)c(Br)c1. The van der Waals surface area contributed by atoms with Gasteiger partial charge in [0.2, 0.25) is 0 Å². The molecule has 1 aliphatic rings. The summed E-state index contributed by atoms with van der Waals surface area (Å²) in [5, 5.41) is 3.32. The van der Waals surface area contributed by atoms with Crippen LogP contribution in [0.1, 0.15) is 35.8 Å². The second-order valence-corrected chi connectivity index (χ2v) is 7.39. The van der Waals surface area contributed by atoms with Crippen molar-refractivity contribution in [2.75, 3.05) is 18.4 Å². The Labute approximate surface area is 151 Å². The number of nitrogens with zero attached hydrogens (tertiary/aromatic N) is 2. The molecule has 1 atom stereocenters. The summed E-state index contributed by atoms with van der Waals surface area (Å²) >= 11 is 3.56. The van der Waals surface area contributed by atoms with Crippen LogP contribution in [-0.2, 0) is 0 Å². The zero-order chi connectivity index (χ0) is 17.1. The number of aromatic nitrogens is 1. The third-order valence-corrected chi connectivity index (χ3v) is 4.99. The van der Waals surface area contributed by atoms with Crippen LogP contribution in [0, 0.1) is 12.8 Å². The Morgan fingerprint density at radius 3 is 2.83 bits per heavy atom. The van der Waals surface area contributed by atoms with Crippen LogP contribution in [0.5, 0.6) is 0 Å². The zero-order valence-electron chi connectivity index (χ0n) is 14.1. The lowest BCUT2D eigenvalue weighted by molar-refractivity contribution is 0.0677. The Balaban J connectivity index is 1.69. The first kappa shape index (κ1) is 17.0. The molecule has 1 amide bonds. The van der Waals surface area contributed by atoms with E-state index in [0.717, 1.165) is 35.4 Å². The molecule has 1 aromatic carbocycles. The van der Waals surface area contributed by atoms with Gasteiger partial charge in [0.25, 0.3) is 5.91 Å². The highest BCUT2D eigenvalue weighted by Gasteiger charge is 2.22. The van der Waals surface area contributed by atoms with E-state index < -0.39 is 0 Å². The molecule has 5 heteroatoms. The van der Waals surface area contributed by atoms with Crippen LogP contribution >= 0.6 is 15.9 Å². The molecule has 126 valence electrons. The molecule has 1 aromatic heterocycles. The van der Waals surface area contributed by atoms with E-state index in [4.69, 9.17) is 0 Å². The molecule has 1 aliphatic heterocycles. The lowest BCUT2D eigenvalue weighted by Gasteiger charge is -2.30. The summed E-state index contributed by atoms with van der Waals surface area (Å²) in [7, 11) is 0. The number of nitrogens with one attached hydrogen (secondary N) is 1. The molecule has 0 spiro atoms. The maximum atomic E-state index is 12.5. The minimum Gasteiger partial charge on any atom is -0.353 e. The third-order valence-electron chi connectivity index (χ3n) is 4.33. The monoisotopic (exact) mass is 387 g/mol. The Morgan fingerprint density at radius 1 is 1.33 bits per heavy atom. The summed E-state index contributed by atoms with van der Waals surface area (Å²) in [6.45, 7) is 5.91. The summed E-state index contributed by atoms with van der Waals surface area (Å²) in [5.74, 6) is 0.604. The molecule has 1 N–H and O–H groups in total. The first-order chi connectivity index (χ1) is 11.5. The normalized spacial score (nSPS) is 17.6. The Morgan fingerprint density at radius 2 is 2.17 bits per heavy atom. The van der Waals surface area contributed by atoms with Crippen molar-refractivity contribution in [1.82, 2.24) is 9.88 Å². The van der Waals surface area contributed by atoms with E-state index in [-0.39, 0.29) is 5.91 Å². The maximum absolute atomic E-state index is 12.5. The number of rotatable bonds is 3. The van der Waals surface area contributed by atoms with Gasteiger partial charge in [-0.3, -0.25) is 4.79 Å². The molecule has 0 radical (unpaired) electrons. The van der Waals surface area contributed by atoms with E-state index >= 15 is 0 Å². The van der Waals surface area contributed by atoms with Crippen LogP contribution in [0.15, 0.2) is 41.0 Å². The first-order valence-corrected chi connectivity index (χ1v) is 9.11. The van der Waals surface area contributed by atoms with E-state index in [2.05, 4.69) is 52.2 Å². The lowest BCUT2D eigenvalue weighted by atomic mass is 10.00. The minimum absolute atomic E-state index is 0.0321. The number of likely N-dealkylation sites (tertiary alicyclic amines) is 1. The quantitative estimate of drug-likeness (QED) is 0.824. The average Bonchev–Trinajstić information content (AvgIpc) is 2.57. The molecule has 1 fully saturated rings. The number of hydrogen-bond donors (Lipinski definition) is 1. The van der Waals surface area contributed by atoms with E-state index in [0.29, 0.717) is 11.6 Å². The highest BCUT2D eigenvalue weighted by atomic mass is 79.9. The molecular formula is C19H22BrN3O. The largest absolute Gasteiger partial charge is 0.353 e. The Hall–Kier alpha value is -1.88. The molecule has 1 saturated heterocycles. The zero-order valence-corrected chi connectivity index (χ0v) is 15.6. The predicted octanol–water partition coefficient (Wildman–Crippen LogP) is 4.77. The molecule has 24 heavy (non-hydrogen) atoms. The summed E-state index contributed by atoms with van der Waals surface area (Å²) in [5.41, 5.74) is 3.55. The van der Waals surface area contributed by atoms with Crippen LogP contribution in [0.4, 0.5) is 11.4 Å². The topological polar surface area (TPSA) is 45.2 Å². The van der Waals surface area contributed by atoms with Gasteiger partial charge in [0, 0.05) is 17.6 Å². The maximum Gasteiger partial charge on any atom is 0.272 e. The van der Waals surface area contributed by atoms with Gasteiger partial charge in [-0.05, 0) is 71.4 Å². The van der Waals surface area contributed by atoms with Crippen molar-refractivity contribution in [3.8, 4) is 0 Å². The van der Waals surface area contributed by atoms with Crippen molar-refractivity contribution >= 4 is 33.2 Å². The number of benzene rings is 1. The first-order valence-electron chi connectivity index (χ1n) is 8.31. The number of carbonyl (C=O) groups is 1. The molecule has 0 saturated carbocycles. The highest BCUT2D eigenvalue weighted by molar-refractivity contribution is 9.10. The number of carbonyl (C=O) groups excluding carboxylic acids is 1. The van der Waals surface area contributed by atoms with Crippen LogP contribution in [0.2, 0.25) is 0 Å². The molecule has 0 bridgehead atoms. The van der Waals surface area contributed by atoms with Gasteiger partial charge in [-0.25, -0.2) is 4.98 Å². The number of hydrogen-bond acceptors (Lipinski definition) is 3. The fourth-order valence-corrected chi connectivity index (χ4v) is 3.60. The van der Waals surface area contributed by atoms with Crippen molar-refractivity contribution in [2.24, 2.45) is 5.92 Å². The smallest absolute Gasteiger partial charge is 0.272 e. The summed E-state index contributed by atoms with van der Waals surface area (Å²) in [4.78, 5) is 18.8. The van der Waals surface area contributed by atoms with Crippen molar-refractivity contribution in [3.05, 3.63) is 52.3 Å². The van der Waals surface area contributed by atoms with Crippen LogP contribution in [0.3, 0.4) is 0 Å². The van der Waals surface area contributed by atoms with Crippen LogP contribution in [-0.4, -0.2) is 28.9 Å². The number of halogens is 1. The summed E-state index contributed by atoms with van der Waals surface area (Å²) < 4.78 is 1.00. The molecule has 3 rings (SSSR count). The fraction of sp³-hybridized carbons (Fsp3) is 0.368. The number of piperidine rings is 1. The van der Waals surface area contributed by atoms with Gasteiger partial charge in [0.1, 0.15) is 5.69 Å². The number of pyridine rings is 1. The molecule has 2 aromatic rings. The Bertz CT molecular complexity index is 730.